The fraction of sp³-hybridized carbons (Fsp3) is 0.733. The summed E-state index contributed by atoms with van der Waals surface area (Å²) in [6.45, 7) is 11.1. The van der Waals surface area contributed by atoms with Crippen molar-refractivity contribution in [3.63, 3.8) is 0 Å². The third kappa shape index (κ3) is 4.34. The average molecular weight is 280 g/mol. The molecule has 0 amide bonds. The van der Waals surface area contributed by atoms with Gasteiger partial charge in [-0.15, -0.1) is 0 Å². The molecule has 5 heteroatoms. The van der Waals surface area contributed by atoms with Crippen molar-refractivity contribution in [2.75, 3.05) is 33.1 Å². The molecule has 0 unspecified atom stereocenters. The van der Waals surface area contributed by atoms with Gasteiger partial charge < -0.3 is 15.0 Å². The summed E-state index contributed by atoms with van der Waals surface area (Å²) in [5.74, 6) is 2.17. The maximum absolute atomic E-state index is 5.88. The molecule has 0 atom stereocenters. The SMILES string of the molecule is CNc1cc(OCC(C)(C)N(C)C)nc(C(C)(C)C)n1. The van der Waals surface area contributed by atoms with Crippen molar-refractivity contribution < 1.29 is 4.74 Å². The molecule has 0 aliphatic rings. The Bertz CT molecular complexity index is 450. The fourth-order valence-corrected chi connectivity index (χ4v) is 1.34. The minimum absolute atomic E-state index is 0.0490. The summed E-state index contributed by atoms with van der Waals surface area (Å²) in [5, 5.41) is 3.06. The summed E-state index contributed by atoms with van der Waals surface area (Å²) >= 11 is 0. The van der Waals surface area contributed by atoms with Crippen LogP contribution in [-0.2, 0) is 5.41 Å². The molecule has 1 aromatic rings. The van der Waals surface area contributed by atoms with E-state index < -0.39 is 0 Å². The number of likely N-dealkylation sites (N-methyl/N-ethyl adjacent to an activating group) is 1. The zero-order valence-corrected chi connectivity index (χ0v) is 14.0. The van der Waals surface area contributed by atoms with Crippen LogP contribution >= 0.6 is 0 Å². The lowest BCUT2D eigenvalue weighted by Gasteiger charge is -2.32. The van der Waals surface area contributed by atoms with Crippen LogP contribution in [0, 0.1) is 0 Å². The maximum Gasteiger partial charge on any atom is 0.218 e. The lowest BCUT2D eigenvalue weighted by atomic mass is 9.96. The Morgan fingerprint density at radius 3 is 2.20 bits per heavy atom. The molecule has 1 N–H and O–H groups in total. The lowest BCUT2D eigenvalue weighted by molar-refractivity contribution is 0.110. The molecule has 0 aliphatic carbocycles. The standard InChI is InChI=1S/C15H28N4O/c1-14(2,3)13-17-11(16-6)9-12(18-13)20-10-15(4,5)19(7)8/h9H,10H2,1-8H3,(H,16,17,18). The Morgan fingerprint density at radius 2 is 1.75 bits per heavy atom. The number of nitrogens with zero attached hydrogens (tertiary/aromatic N) is 3. The van der Waals surface area contributed by atoms with E-state index in [4.69, 9.17) is 4.74 Å². The summed E-state index contributed by atoms with van der Waals surface area (Å²) < 4.78 is 5.88. The van der Waals surface area contributed by atoms with Crippen LogP contribution in [0.2, 0.25) is 0 Å². The highest BCUT2D eigenvalue weighted by atomic mass is 16.5. The van der Waals surface area contributed by atoms with Crippen molar-refractivity contribution in [1.82, 2.24) is 14.9 Å². The number of aromatic nitrogens is 2. The molecule has 1 rings (SSSR count). The van der Waals surface area contributed by atoms with E-state index >= 15 is 0 Å². The van der Waals surface area contributed by atoms with Crippen LogP contribution in [0.15, 0.2) is 6.07 Å². The molecule has 20 heavy (non-hydrogen) atoms. The Morgan fingerprint density at radius 1 is 1.15 bits per heavy atom. The van der Waals surface area contributed by atoms with Crippen molar-refractivity contribution in [1.29, 1.82) is 0 Å². The highest BCUT2D eigenvalue weighted by Gasteiger charge is 2.23. The van der Waals surface area contributed by atoms with E-state index in [1.807, 2.05) is 27.2 Å². The summed E-state index contributed by atoms with van der Waals surface area (Å²) in [6.07, 6.45) is 0. The molecular weight excluding hydrogens is 252 g/mol. The zero-order valence-electron chi connectivity index (χ0n) is 14.0. The van der Waals surface area contributed by atoms with Gasteiger partial charge in [-0.3, -0.25) is 0 Å². The van der Waals surface area contributed by atoms with E-state index in [-0.39, 0.29) is 11.0 Å². The predicted octanol–water partition coefficient (Wildman–Crippen LogP) is 2.53. The molecular formula is C15H28N4O. The van der Waals surface area contributed by atoms with Gasteiger partial charge in [0.25, 0.3) is 0 Å². The Kier molecular flexibility index (Phi) is 4.97. The molecule has 0 saturated carbocycles. The molecule has 1 heterocycles. The van der Waals surface area contributed by atoms with Crippen molar-refractivity contribution >= 4 is 5.82 Å². The van der Waals surface area contributed by atoms with Crippen LogP contribution in [0.3, 0.4) is 0 Å². The summed E-state index contributed by atoms with van der Waals surface area (Å²) in [4.78, 5) is 11.1. The van der Waals surface area contributed by atoms with Crippen molar-refractivity contribution in [2.24, 2.45) is 0 Å². The monoisotopic (exact) mass is 280 g/mol. The van der Waals surface area contributed by atoms with Crippen LogP contribution in [0.5, 0.6) is 5.88 Å². The first-order chi connectivity index (χ1) is 9.06. The van der Waals surface area contributed by atoms with Crippen LogP contribution in [0.25, 0.3) is 0 Å². The molecule has 5 nitrogen and oxygen atoms in total. The number of ether oxygens (including phenoxy) is 1. The van der Waals surface area contributed by atoms with Crippen LogP contribution < -0.4 is 10.1 Å². The van der Waals surface area contributed by atoms with Crippen LogP contribution in [0.4, 0.5) is 5.82 Å². The second-order valence-corrected chi connectivity index (χ2v) is 6.91. The number of anilines is 1. The van der Waals surface area contributed by atoms with E-state index in [0.717, 1.165) is 11.6 Å². The number of nitrogens with one attached hydrogen (secondary N) is 1. The first kappa shape index (κ1) is 16.7. The number of hydrogen-bond acceptors (Lipinski definition) is 5. The van der Waals surface area contributed by atoms with E-state index in [1.165, 1.54) is 0 Å². The zero-order chi connectivity index (χ0) is 15.6. The van der Waals surface area contributed by atoms with E-state index in [9.17, 15) is 0 Å². The quantitative estimate of drug-likeness (QED) is 0.898. The van der Waals surface area contributed by atoms with Gasteiger partial charge in [0.1, 0.15) is 18.2 Å². The summed E-state index contributed by atoms with van der Waals surface area (Å²) in [5.41, 5.74) is -0.158. The Hall–Kier alpha value is -1.36. The summed E-state index contributed by atoms with van der Waals surface area (Å²) in [7, 11) is 5.94. The highest BCUT2D eigenvalue weighted by Crippen LogP contribution is 2.24. The number of hydrogen-bond donors (Lipinski definition) is 1. The van der Waals surface area contributed by atoms with Crippen LogP contribution in [-0.4, -0.2) is 48.2 Å². The molecule has 0 fully saturated rings. The summed E-state index contributed by atoms with van der Waals surface area (Å²) in [6, 6.07) is 1.83. The molecule has 0 bridgehead atoms. The first-order valence-electron chi connectivity index (χ1n) is 6.94. The maximum atomic E-state index is 5.88. The van der Waals surface area contributed by atoms with Crippen molar-refractivity contribution in [2.45, 2.75) is 45.6 Å². The Balaban J connectivity index is 2.96. The largest absolute Gasteiger partial charge is 0.476 e. The minimum Gasteiger partial charge on any atom is -0.476 e. The topological polar surface area (TPSA) is 50.3 Å². The Labute approximate surface area is 122 Å². The lowest BCUT2D eigenvalue weighted by Crippen LogP contribution is -2.43. The molecule has 0 spiro atoms. The molecule has 114 valence electrons. The third-order valence-corrected chi connectivity index (χ3v) is 3.41. The van der Waals surface area contributed by atoms with E-state index in [2.05, 4.69) is 54.8 Å². The fourth-order valence-electron chi connectivity index (χ4n) is 1.34. The second kappa shape index (κ2) is 5.95. The number of rotatable bonds is 5. The minimum atomic E-state index is -0.109. The predicted molar refractivity (Wildman–Crippen MR) is 83.5 cm³/mol. The molecule has 0 aromatic carbocycles. The van der Waals surface area contributed by atoms with Gasteiger partial charge in [0.05, 0.1) is 0 Å². The van der Waals surface area contributed by atoms with E-state index in [0.29, 0.717) is 12.5 Å². The van der Waals surface area contributed by atoms with Crippen LogP contribution in [0.1, 0.15) is 40.4 Å². The molecule has 1 aromatic heterocycles. The third-order valence-electron chi connectivity index (χ3n) is 3.41. The normalized spacial score (nSPS) is 12.7. The van der Waals surface area contributed by atoms with Gasteiger partial charge in [0.2, 0.25) is 5.88 Å². The molecule has 0 saturated heterocycles. The molecule has 0 radical (unpaired) electrons. The van der Waals surface area contributed by atoms with Gasteiger partial charge in [0.15, 0.2) is 0 Å². The van der Waals surface area contributed by atoms with Gasteiger partial charge in [-0.1, -0.05) is 20.8 Å². The first-order valence-corrected chi connectivity index (χ1v) is 6.94. The van der Waals surface area contributed by atoms with Gasteiger partial charge >= 0.3 is 0 Å². The second-order valence-electron chi connectivity index (χ2n) is 6.91. The van der Waals surface area contributed by atoms with Gasteiger partial charge in [-0.05, 0) is 27.9 Å². The molecule has 0 aliphatic heterocycles. The average Bonchev–Trinajstić information content (AvgIpc) is 2.34. The van der Waals surface area contributed by atoms with Gasteiger partial charge in [-0.25, -0.2) is 4.98 Å². The highest BCUT2D eigenvalue weighted by molar-refractivity contribution is 5.38. The smallest absolute Gasteiger partial charge is 0.218 e. The van der Waals surface area contributed by atoms with Gasteiger partial charge in [0, 0.05) is 24.1 Å². The van der Waals surface area contributed by atoms with E-state index in [1.54, 1.807) is 0 Å². The van der Waals surface area contributed by atoms with Gasteiger partial charge in [-0.2, -0.15) is 4.98 Å². The van der Waals surface area contributed by atoms with Crippen molar-refractivity contribution in [3.8, 4) is 5.88 Å². The van der Waals surface area contributed by atoms with Crippen molar-refractivity contribution in [3.05, 3.63) is 11.9 Å².